The number of ether oxygens (including phenoxy) is 7. The minimum Gasteiger partial charge on any atom is -0.504 e. The number of rotatable bonds is 4. The SMILES string of the molecule is COc1cc2c(cc1OC(C)=O)CCN[C@]21CS[C@@H]2c3c(OC(C)=O)c(C)c4c(c3[C@H](COC1=O)N1C2[C@H]2c3c(cc(C)c(OC)c3O)C[C@@H]([C@@H]1C#N)N2C)OCO4. The van der Waals surface area contributed by atoms with E-state index in [4.69, 9.17) is 33.2 Å². The minimum absolute atomic E-state index is 0.0323. The zero-order valence-electron chi connectivity index (χ0n) is 33.2. The molecule has 0 saturated carbocycles. The molecule has 2 saturated heterocycles. The molecule has 7 atom stereocenters. The number of nitrogens with zero attached hydrogens (tertiary/aromatic N) is 3. The second-order valence-electron chi connectivity index (χ2n) is 15.7. The molecule has 1 unspecified atom stereocenters. The molecule has 3 aromatic rings. The van der Waals surface area contributed by atoms with Gasteiger partial charge in [-0.3, -0.25) is 24.7 Å². The van der Waals surface area contributed by atoms with E-state index in [1.807, 2.05) is 27.0 Å². The van der Waals surface area contributed by atoms with Crippen LogP contribution in [0.1, 0.15) is 75.7 Å². The van der Waals surface area contributed by atoms with Gasteiger partial charge < -0.3 is 38.3 Å². The number of nitriles is 1. The number of benzene rings is 3. The Morgan fingerprint density at radius 2 is 1.74 bits per heavy atom. The molecule has 7 aliphatic rings. The van der Waals surface area contributed by atoms with Crippen molar-refractivity contribution in [1.82, 2.24) is 15.1 Å². The average molecular weight is 813 g/mol. The van der Waals surface area contributed by atoms with E-state index in [-0.39, 0.29) is 42.4 Å². The Balaban J connectivity index is 1.31. The fourth-order valence-electron chi connectivity index (χ4n) is 10.4. The zero-order valence-corrected chi connectivity index (χ0v) is 34.0. The summed E-state index contributed by atoms with van der Waals surface area (Å²) in [4.78, 5) is 44.3. The number of piperazine rings is 1. The van der Waals surface area contributed by atoms with Crippen molar-refractivity contribution in [3.05, 3.63) is 62.7 Å². The number of hydrogen-bond acceptors (Lipinski definition) is 16. The second-order valence-corrected chi connectivity index (χ2v) is 16.8. The number of aromatic hydroxyl groups is 1. The van der Waals surface area contributed by atoms with Gasteiger partial charge in [-0.25, -0.2) is 4.79 Å². The van der Waals surface area contributed by atoms with Gasteiger partial charge in [-0.15, -0.1) is 11.8 Å². The molecule has 0 radical (unpaired) electrons. The Labute approximate surface area is 339 Å². The first kappa shape index (κ1) is 38.3. The molecular formula is C42H44N4O11S. The van der Waals surface area contributed by atoms with Gasteiger partial charge in [-0.05, 0) is 68.1 Å². The third-order valence-electron chi connectivity index (χ3n) is 12.7. The fraction of sp³-hybridized carbons (Fsp3) is 0.476. The predicted octanol–water partition coefficient (Wildman–Crippen LogP) is 4.21. The van der Waals surface area contributed by atoms with Crippen LogP contribution < -0.4 is 33.7 Å². The van der Waals surface area contributed by atoms with Gasteiger partial charge in [0.25, 0.3) is 0 Å². The van der Waals surface area contributed by atoms with Crippen molar-refractivity contribution in [1.29, 1.82) is 5.26 Å². The Morgan fingerprint density at radius 1 is 0.983 bits per heavy atom. The summed E-state index contributed by atoms with van der Waals surface area (Å²) in [6.07, 6.45) is 1.01. The summed E-state index contributed by atoms with van der Waals surface area (Å²) < 4.78 is 41.9. The molecule has 7 heterocycles. The predicted molar refractivity (Wildman–Crippen MR) is 208 cm³/mol. The van der Waals surface area contributed by atoms with Crippen LogP contribution in [-0.4, -0.2) is 97.9 Å². The largest absolute Gasteiger partial charge is 0.504 e. The molecule has 7 aliphatic heterocycles. The summed E-state index contributed by atoms with van der Waals surface area (Å²) in [7, 11) is 4.98. The van der Waals surface area contributed by atoms with Crippen molar-refractivity contribution < 1.29 is 52.6 Å². The molecule has 2 fully saturated rings. The van der Waals surface area contributed by atoms with E-state index in [0.29, 0.717) is 70.2 Å². The Bertz CT molecular complexity index is 2350. The average Bonchev–Trinajstić information content (AvgIpc) is 3.68. The summed E-state index contributed by atoms with van der Waals surface area (Å²) in [5.74, 6) is 0.678. The van der Waals surface area contributed by atoms with Crippen LogP contribution in [-0.2, 0) is 37.5 Å². The van der Waals surface area contributed by atoms with E-state index in [1.54, 1.807) is 12.1 Å². The number of carbonyl (C=O) groups is 3. The molecule has 1 spiro atoms. The molecule has 0 aromatic heterocycles. The molecule has 3 aromatic carbocycles. The Kier molecular flexibility index (Phi) is 9.23. The van der Waals surface area contributed by atoms with Crippen molar-refractivity contribution in [3.63, 3.8) is 0 Å². The van der Waals surface area contributed by atoms with E-state index in [2.05, 4.69) is 21.2 Å². The van der Waals surface area contributed by atoms with Gasteiger partial charge in [0.15, 0.2) is 40.0 Å². The fourth-order valence-corrected chi connectivity index (χ4v) is 12.1. The van der Waals surface area contributed by atoms with Gasteiger partial charge >= 0.3 is 17.9 Å². The van der Waals surface area contributed by atoms with Gasteiger partial charge in [0.05, 0.1) is 37.6 Å². The topological polar surface area (TPSA) is 178 Å². The first-order valence-corrected chi connectivity index (χ1v) is 20.3. The van der Waals surface area contributed by atoms with Crippen molar-refractivity contribution >= 4 is 29.7 Å². The van der Waals surface area contributed by atoms with Crippen LogP contribution in [0.25, 0.3) is 0 Å². The summed E-state index contributed by atoms with van der Waals surface area (Å²) in [5, 5.41) is 26.2. The highest BCUT2D eigenvalue weighted by Crippen LogP contribution is 2.64. The number of fused-ring (bicyclic) bond motifs is 9. The van der Waals surface area contributed by atoms with Crippen LogP contribution in [0.5, 0.6) is 40.2 Å². The molecule has 15 nitrogen and oxygen atoms in total. The van der Waals surface area contributed by atoms with Crippen LogP contribution in [0.2, 0.25) is 0 Å². The number of hydrogen-bond donors (Lipinski definition) is 2. The highest BCUT2D eigenvalue weighted by Gasteiger charge is 2.62. The van der Waals surface area contributed by atoms with Gasteiger partial charge in [-0.2, -0.15) is 5.26 Å². The van der Waals surface area contributed by atoms with Crippen LogP contribution in [0, 0.1) is 25.2 Å². The molecule has 16 heteroatoms. The second kappa shape index (κ2) is 14.0. The lowest BCUT2D eigenvalue weighted by molar-refractivity contribution is -0.157. The third kappa shape index (κ3) is 5.39. The summed E-state index contributed by atoms with van der Waals surface area (Å²) in [6.45, 7) is 6.52. The van der Waals surface area contributed by atoms with E-state index in [0.717, 1.165) is 16.7 Å². The normalized spacial score (nSPS) is 27.9. The van der Waals surface area contributed by atoms with Crippen LogP contribution in [0.15, 0.2) is 18.2 Å². The van der Waals surface area contributed by atoms with E-state index >= 15 is 0 Å². The van der Waals surface area contributed by atoms with E-state index in [1.165, 1.54) is 39.8 Å². The molecule has 0 amide bonds. The Morgan fingerprint density at radius 3 is 2.45 bits per heavy atom. The number of methoxy groups -OCH3 is 2. The van der Waals surface area contributed by atoms with E-state index in [9.17, 15) is 24.8 Å². The number of nitrogens with one attached hydrogen (secondary N) is 1. The van der Waals surface area contributed by atoms with Crippen LogP contribution in [0.4, 0.5) is 0 Å². The minimum atomic E-state index is -1.40. The molecule has 0 aliphatic carbocycles. The van der Waals surface area contributed by atoms with Crippen molar-refractivity contribution in [2.75, 3.05) is 47.0 Å². The molecule has 2 N–H and O–H groups in total. The van der Waals surface area contributed by atoms with Gasteiger partial charge in [0.2, 0.25) is 6.79 Å². The van der Waals surface area contributed by atoms with E-state index < -0.39 is 52.9 Å². The maximum absolute atomic E-state index is 14.9. The number of phenolic OH excluding ortho intramolecular Hbond substituents is 1. The van der Waals surface area contributed by atoms with Gasteiger partial charge in [0, 0.05) is 60.5 Å². The van der Waals surface area contributed by atoms with Crippen LogP contribution in [0.3, 0.4) is 0 Å². The number of likely N-dealkylation sites (N-methyl/N-ethyl adjacent to an activating group) is 1. The third-order valence-corrected chi connectivity index (χ3v) is 14.1. The maximum atomic E-state index is 14.9. The van der Waals surface area contributed by atoms with Crippen molar-refractivity contribution in [3.8, 4) is 46.3 Å². The maximum Gasteiger partial charge on any atom is 0.331 e. The smallest absolute Gasteiger partial charge is 0.331 e. The number of esters is 3. The highest BCUT2D eigenvalue weighted by molar-refractivity contribution is 7.99. The lowest BCUT2D eigenvalue weighted by atomic mass is 9.71. The first-order chi connectivity index (χ1) is 27.8. The monoisotopic (exact) mass is 812 g/mol. The number of thioether (sulfide) groups is 1. The zero-order chi connectivity index (χ0) is 40.9. The molecule has 304 valence electrons. The molecule has 10 rings (SSSR count). The number of phenols is 1. The summed E-state index contributed by atoms with van der Waals surface area (Å²) in [6, 6.07) is 5.31. The van der Waals surface area contributed by atoms with Gasteiger partial charge in [-0.1, -0.05) is 6.07 Å². The number of carbonyl (C=O) groups excluding carboxylic acids is 3. The standard InChI is InChI=1S/C42H44N4O11S/c1-18-10-23-11-25-26(14-43)46-27-15-53-41(50)42(24-13-28(51-6)29(56-20(3)47)12-22(24)8-9-44-42)16-58-40(34(46)33(45(25)5)30(23)35(49)36(18)52-7)32-31(27)39-38(54-17-55-39)19(2)37(32)57-21(4)48/h10,12-13,25-27,33-34,40,44,49H,8-9,11,15-17H2,1-7H3/t25-,26-,27-,33+,34?,40+,42+/m0/s1. The first-order valence-electron chi connectivity index (χ1n) is 19.2. The highest BCUT2D eigenvalue weighted by atomic mass is 32.2. The Hall–Kier alpha value is -5.21. The lowest BCUT2D eigenvalue weighted by Gasteiger charge is -2.62. The quantitative estimate of drug-likeness (QED) is 0.283. The molecular weight excluding hydrogens is 769 g/mol. The molecule has 4 bridgehead atoms. The number of aryl methyl sites for hydroxylation is 1. The summed E-state index contributed by atoms with van der Waals surface area (Å²) in [5.41, 5.74) is 4.29. The van der Waals surface area contributed by atoms with Gasteiger partial charge in [0.1, 0.15) is 18.4 Å². The summed E-state index contributed by atoms with van der Waals surface area (Å²) >= 11 is 1.47. The molecule has 58 heavy (non-hydrogen) atoms. The van der Waals surface area contributed by atoms with Crippen LogP contribution >= 0.6 is 11.8 Å². The lowest BCUT2D eigenvalue weighted by Crippen LogP contribution is -2.69. The van der Waals surface area contributed by atoms with Crippen molar-refractivity contribution in [2.45, 2.75) is 81.5 Å². The van der Waals surface area contributed by atoms with Crippen molar-refractivity contribution in [2.24, 2.45) is 0 Å².